The average Bonchev–Trinajstić information content (AvgIpc) is 3.05. The molecule has 1 N–H and O–H groups in total. The number of carbonyl (C=O) groups excluding carboxylic acids is 1. The van der Waals surface area contributed by atoms with Crippen LogP contribution in [0.5, 0.6) is 0 Å². The second-order valence-corrected chi connectivity index (χ2v) is 6.26. The molecule has 0 bridgehead atoms. The van der Waals surface area contributed by atoms with Crippen LogP contribution in [0.4, 0.5) is 21.3 Å². The van der Waals surface area contributed by atoms with E-state index >= 15 is 0 Å². The van der Waals surface area contributed by atoms with Gasteiger partial charge in [0.25, 0.3) is 0 Å². The van der Waals surface area contributed by atoms with E-state index < -0.39 is 0 Å². The molecule has 1 aliphatic rings. The molecular weight excluding hydrogens is 338 g/mol. The summed E-state index contributed by atoms with van der Waals surface area (Å²) >= 11 is 1.27. The van der Waals surface area contributed by atoms with Crippen LogP contribution in [-0.2, 0) is 4.74 Å². The Morgan fingerprint density at radius 1 is 1.32 bits per heavy atom. The Balaban J connectivity index is 1.70. The second kappa shape index (κ2) is 7.85. The lowest BCUT2D eigenvalue weighted by Gasteiger charge is -2.34. The number of aromatic nitrogens is 1. The third-order valence-corrected chi connectivity index (χ3v) is 4.68. The summed E-state index contributed by atoms with van der Waals surface area (Å²) in [5.41, 5.74) is 1.46. The number of nitrogens with zero attached hydrogens (tertiary/aromatic N) is 4. The highest BCUT2D eigenvalue weighted by Gasteiger charge is 2.26. The molecule has 25 heavy (non-hydrogen) atoms. The molecular formula is C17H19N5O2S. The quantitative estimate of drug-likeness (QED) is 0.906. The predicted octanol–water partition coefficient (Wildman–Crippen LogP) is 3.04. The van der Waals surface area contributed by atoms with Crippen LogP contribution in [0.25, 0.3) is 0 Å². The van der Waals surface area contributed by atoms with Crippen molar-refractivity contribution in [1.29, 1.82) is 5.26 Å². The summed E-state index contributed by atoms with van der Waals surface area (Å²) in [6.07, 6.45) is -0.285. The Hall–Kier alpha value is -2.79. The van der Waals surface area contributed by atoms with E-state index in [4.69, 9.17) is 4.74 Å². The van der Waals surface area contributed by atoms with Crippen LogP contribution in [0.1, 0.15) is 12.5 Å². The highest BCUT2D eigenvalue weighted by molar-refractivity contribution is 7.10. The first-order valence-corrected chi connectivity index (χ1v) is 8.88. The molecule has 2 aromatic rings. The fraction of sp³-hybridized carbons (Fsp3) is 0.353. The number of amides is 1. The van der Waals surface area contributed by atoms with E-state index in [2.05, 4.69) is 15.8 Å². The van der Waals surface area contributed by atoms with Crippen molar-refractivity contribution in [2.24, 2.45) is 0 Å². The number of piperazine rings is 1. The third-order valence-electron chi connectivity index (χ3n) is 3.92. The number of hydrogen-bond donors (Lipinski definition) is 1. The monoisotopic (exact) mass is 357 g/mol. The van der Waals surface area contributed by atoms with Crippen LogP contribution in [0.2, 0.25) is 0 Å². The standard InChI is InChI=1S/C17H19N5O2S/c1-2-24-17(23)22-10-8-21(9-11-22)15-14(12-18)16(25-20-15)19-13-6-4-3-5-7-13/h3-7,19H,2,8-11H2,1H3. The fourth-order valence-electron chi connectivity index (χ4n) is 2.65. The first-order valence-electron chi connectivity index (χ1n) is 8.11. The lowest BCUT2D eigenvalue weighted by atomic mass is 10.2. The summed E-state index contributed by atoms with van der Waals surface area (Å²) < 4.78 is 9.49. The molecule has 0 unspecified atom stereocenters. The largest absolute Gasteiger partial charge is 0.450 e. The van der Waals surface area contributed by atoms with Crippen LogP contribution < -0.4 is 10.2 Å². The third kappa shape index (κ3) is 3.83. The summed E-state index contributed by atoms with van der Waals surface area (Å²) in [7, 11) is 0. The smallest absolute Gasteiger partial charge is 0.409 e. The Morgan fingerprint density at radius 3 is 2.68 bits per heavy atom. The summed E-state index contributed by atoms with van der Waals surface area (Å²) in [6.45, 7) is 4.54. The van der Waals surface area contributed by atoms with E-state index in [1.807, 2.05) is 35.2 Å². The zero-order valence-electron chi connectivity index (χ0n) is 13.9. The van der Waals surface area contributed by atoms with E-state index in [-0.39, 0.29) is 6.09 Å². The molecule has 0 saturated carbocycles. The Bertz CT molecular complexity index is 763. The Labute approximate surface area is 150 Å². The molecule has 0 aliphatic carbocycles. The summed E-state index contributed by atoms with van der Waals surface area (Å²) in [5.74, 6) is 0.675. The van der Waals surface area contributed by atoms with Crippen molar-refractivity contribution in [2.75, 3.05) is 43.0 Å². The average molecular weight is 357 g/mol. The number of nitrogens with one attached hydrogen (secondary N) is 1. The minimum absolute atomic E-state index is 0.285. The van der Waals surface area contributed by atoms with Crippen LogP contribution in [0.3, 0.4) is 0 Å². The summed E-state index contributed by atoms with van der Waals surface area (Å²) in [5, 5.41) is 13.6. The maximum atomic E-state index is 11.8. The van der Waals surface area contributed by atoms with Crippen molar-refractivity contribution in [3.05, 3.63) is 35.9 Å². The predicted molar refractivity (Wildman–Crippen MR) is 97.4 cm³/mol. The van der Waals surface area contributed by atoms with Crippen molar-refractivity contribution in [3.63, 3.8) is 0 Å². The maximum absolute atomic E-state index is 11.8. The van der Waals surface area contributed by atoms with Gasteiger partial charge < -0.3 is 19.9 Å². The van der Waals surface area contributed by atoms with Gasteiger partial charge in [-0.05, 0) is 30.6 Å². The second-order valence-electron chi connectivity index (χ2n) is 5.49. The molecule has 2 heterocycles. The van der Waals surface area contributed by atoms with Gasteiger partial charge in [-0.15, -0.1) is 0 Å². The fourth-order valence-corrected chi connectivity index (χ4v) is 3.43. The zero-order chi connectivity index (χ0) is 17.6. The molecule has 1 aromatic heterocycles. The highest BCUT2D eigenvalue weighted by atomic mass is 32.1. The van der Waals surface area contributed by atoms with E-state index in [0.717, 1.165) is 10.7 Å². The molecule has 0 spiro atoms. The normalized spacial score (nSPS) is 14.1. The van der Waals surface area contributed by atoms with Gasteiger partial charge in [0.15, 0.2) is 5.82 Å². The lowest BCUT2D eigenvalue weighted by molar-refractivity contribution is 0.105. The number of rotatable bonds is 4. The summed E-state index contributed by atoms with van der Waals surface area (Å²) in [4.78, 5) is 15.5. The van der Waals surface area contributed by atoms with Gasteiger partial charge in [0.05, 0.1) is 6.61 Å². The van der Waals surface area contributed by atoms with Crippen molar-refractivity contribution in [1.82, 2.24) is 9.27 Å². The van der Waals surface area contributed by atoms with Crippen molar-refractivity contribution in [2.45, 2.75) is 6.92 Å². The van der Waals surface area contributed by atoms with Gasteiger partial charge in [-0.2, -0.15) is 9.64 Å². The number of ether oxygens (including phenoxy) is 1. The number of hydrogen-bond acceptors (Lipinski definition) is 7. The zero-order valence-corrected chi connectivity index (χ0v) is 14.8. The van der Waals surface area contributed by atoms with Gasteiger partial charge in [0.1, 0.15) is 16.6 Å². The van der Waals surface area contributed by atoms with Gasteiger partial charge >= 0.3 is 6.09 Å². The molecule has 130 valence electrons. The van der Waals surface area contributed by atoms with Gasteiger partial charge in [0, 0.05) is 31.9 Å². The molecule has 1 aliphatic heterocycles. The highest BCUT2D eigenvalue weighted by Crippen LogP contribution is 2.33. The number of anilines is 3. The van der Waals surface area contributed by atoms with Crippen LogP contribution >= 0.6 is 11.5 Å². The van der Waals surface area contributed by atoms with E-state index in [1.165, 1.54) is 11.5 Å². The number of para-hydroxylation sites is 1. The van der Waals surface area contributed by atoms with Crippen LogP contribution in [0, 0.1) is 11.3 Å². The van der Waals surface area contributed by atoms with Crippen molar-refractivity contribution in [3.8, 4) is 6.07 Å². The minimum Gasteiger partial charge on any atom is -0.450 e. The minimum atomic E-state index is -0.285. The van der Waals surface area contributed by atoms with E-state index in [1.54, 1.807) is 11.8 Å². The van der Waals surface area contributed by atoms with Crippen LogP contribution in [0.15, 0.2) is 30.3 Å². The van der Waals surface area contributed by atoms with Crippen molar-refractivity contribution < 1.29 is 9.53 Å². The molecule has 7 nitrogen and oxygen atoms in total. The van der Waals surface area contributed by atoms with Crippen molar-refractivity contribution >= 4 is 34.1 Å². The number of nitriles is 1. The van der Waals surface area contributed by atoms with Crippen LogP contribution in [-0.4, -0.2) is 48.2 Å². The SMILES string of the molecule is CCOC(=O)N1CCN(c2nsc(Nc3ccccc3)c2C#N)CC1. The van der Waals surface area contributed by atoms with Gasteiger partial charge in [0.2, 0.25) is 0 Å². The summed E-state index contributed by atoms with van der Waals surface area (Å²) in [6, 6.07) is 12.0. The molecule has 1 saturated heterocycles. The molecule has 0 radical (unpaired) electrons. The Morgan fingerprint density at radius 2 is 2.04 bits per heavy atom. The molecule has 1 amide bonds. The topological polar surface area (TPSA) is 81.5 Å². The maximum Gasteiger partial charge on any atom is 0.409 e. The number of benzene rings is 1. The van der Waals surface area contributed by atoms with E-state index in [0.29, 0.717) is 44.2 Å². The molecule has 0 atom stereocenters. The Kier molecular flexibility index (Phi) is 5.36. The lowest BCUT2D eigenvalue weighted by Crippen LogP contribution is -2.49. The molecule has 8 heteroatoms. The van der Waals surface area contributed by atoms with Gasteiger partial charge in [-0.1, -0.05) is 18.2 Å². The molecule has 1 aromatic carbocycles. The van der Waals surface area contributed by atoms with Gasteiger partial charge in [-0.3, -0.25) is 0 Å². The first kappa shape index (κ1) is 17.0. The molecule has 1 fully saturated rings. The van der Waals surface area contributed by atoms with Gasteiger partial charge in [-0.25, -0.2) is 4.79 Å². The number of carbonyl (C=O) groups is 1. The molecule has 3 rings (SSSR count). The first-order chi connectivity index (χ1) is 12.2. The van der Waals surface area contributed by atoms with E-state index in [9.17, 15) is 10.1 Å².